The molecule has 0 saturated carbocycles. The van der Waals surface area contributed by atoms with E-state index in [2.05, 4.69) is 15.9 Å². The molecule has 7 nitrogen and oxygen atoms in total. The Morgan fingerprint density at radius 2 is 2.00 bits per heavy atom. The van der Waals surface area contributed by atoms with E-state index in [4.69, 9.17) is 4.74 Å². The van der Waals surface area contributed by atoms with E-state index in [9.17, 15) is 19.7 Å². The average Bonchev–Trinajstić information content (AvgIpc) is 2.90. The number of carbonyl (C=O) groups is 2. The minimum atomic E-state index is -0.532. The van der Waals surface area contributed by atoms with Crippen molar-refractivity contribution >= 4 is 50.6 Å². The van der Waals surface area contributed by atoms with Crippen LogP contribution in [0.1, 0.15) is 11.1 Å². The fourth-order valence-electron chi connectivity index (χ4n) is 2.52. The number of carbonyl (C=O) groups excluding carboxylic acids is 2. The molecule has 0 N–H and O–H groups in total. The summed E-state index contributed by atoms with van der Waals surface area (Å²) in [5, 5.41) is 10.6. The standard InChI is InChI=1S/C18H13BrN2O5S/c1-26-15-7-6-13(21(24)25)8-12(15)9-16-17(22)20(18(23)27-16)10-11-4-2-3-5-14(11)19/h2-9H,10H2,1H3/b16-9-. The summed E-state index contributed by atoms with van der Waals surface area (Å²) in [5.74, 6) is -0.0764. The molecular formula is C18H13BrN2O5S. The first-order valence-corrected chi connectivity index (χ1v) is 9.33. The van der Waals surface area contributed by atoms with E-state index < -0.39 is 16.1 Å². The van der Waals surface area contributed by atoms with E-state index in [1.807, 2.05) is 24.3 Å². The molecule has 0 atom stereocenters. The second-order valence-corrected chi connectivity index (χ2v) is 7.39. The lowest BCUT2D eigenvalue weighted by Gasteiger charge is -2.13. The van der Waals surface area contributed by atoms with Crippen molar-refractivity contribution in [2.45, 2.75) is 6.54 Å². The molecule has 1 aliphatic rings. The first-order valence-electron chi connectivity index (χ1n) is 7.72. The molecule has 27 heavy (non-hydrogen) atoms. The van der Waals surface area contributed by atoms with Crippen LogP contribution in [0.4, 0.5) is 10.5 Å². The number of nitro groups is 1. The Bertz CT molecular complexity index is 976. The molecule has 1 heterocycles. The molecule has 0 aromatic heterocycles. The Labute approximate surface area is 167 Å². The maximum Gasteiger partial charge on any atom is 0.293 e. The maximum absolute atomic E-state index is 12.7. The summed E-state index contributed by atoms with van der Waals surface area (Å²) in [7, 11) is 1.43. The SMILES string of the molecule is COc1ccc([N+](=O)[O-])cc1/C=C1\SC(=O)N(Cc2ccccc2Br)C1=O. The normalized spacial score (nSPS) is 15.5. The summed E-state index contributed by atoms with van der Waals surface area (Å²) in [6, 6.07) is 11.4. The predicted octanol–water partition coefficient (Wildman–Crippen LogP) is 4.60. The van der Waals surface area contributed by atoms with Crippen molar-refractivity contribution in [3.8, 4) is 5.75 Å². The van der Waals surface area contributed by atoms with Gasteiger partial charge < -0.3 is 4.74 Å². The molecule has 138 valence electrons. The zero-order valence-corrected chi connectivity index (χ0v) is 16.5. The molecular weight excluding hydrogens is 436 g/mol. The van der Waals surface area contributed by atoms with Crippen LogP contribution in [0.2, 0.25) is 0 Å². The summed E-state index contributed by atoms with van der Waals surface area (Å²) in [5.41, 5.74) is 1.03. The van der Waals surface area contributed by atoms with Crippen molar-refractivity contribution in [3.05, 3.63) is 73.1 Å². The minimum absolute atomic E-state index is 0.130. The van der Waals surface area contributed by atoms with Crippen LogP contribution in [-0.2, 0) is 11.3 Å². The molecule has 1 saturated heterocycles. The second-order valence-electron chi connectivity index (χ2n) is 5.54. The van der Waals surface area contributed by atoms with Crippen molar-refractivity contribution in [2.75, 3.05) is 7.11 Å². The third kappa shape index (κ3) is 4.04. The molecule has 1 fully saturated rings. The van der Waals surface area contributed by atoms with E-state index in [1.165, 1.54) is 31.4 Å². The van der Waals surface area contributed by atoms with Gasteiger partial charge in [-0.25, -0.2) is 0 Å². The maximum atomic E-state index is 12.7. The highest BCUT2D eigenvalue weighted by Gasteiger charge is 2.35. The molecule has 9 heteroatoms. The van der Waals surface area contributed by atoms with E-state index in [0.717, 1.165) is 26.7 Å². The van der Waals surface area contributed by atoms with Crippen LogP contribution in [0.3, 0.4) is 0 Å². The Morgan fingerprint density at radius 3 is 2.67 bits per heavy atom. The molecule has 0 unspecified atom stereocenters. The number of rotatable bonds is 5. The quantitative estimate of drug-likeness (QED) is 0.377. The van der Waals surface area contributed by atoms with E-state index in [-0.39, 0.29) is 17.1 Å². The van der Waals surface area contributed by atoms with Crippen molar-refractivity contribution in [1.82, 2.24) is 4.90 Å². The zero-order chi connectivity index (χ0) is 19.6. The van der Waals surface area contributed by atoms with Gasteiger partial charge in [-0.15, -0.1) is 0 Å². The first kappa shape index (κ1) is 19.1. The van der Waals surface area contributed by atoms with Crippen LogP contribution in [0.15, 0.2) is 51.8 Å². The molecule has 2 amide bonds. The number of halogens is 1. The Morgan fingerprint density at radius 1 is 1.26 bits per heavy atom. The van der Waals surface area contributed by atoms with E-state index in [1.54, 1.807) is 0 Å². The molecule has 0 aliphatic carbocycles. The van der Waals surface area contributed by atoms with Gasteiger partial charge in [0.1, 0.15) is 5.75 Å². The van der Waals surface area contributed by atoms with Crippen molar-refractivity contribution in [3.63, 3.8) is 0 Å². The fraction of sp³-hybridized carbons (Fsp3) is 0.111. The van der Waals surface area contributed by atoms with Crippen LogP contribution in [0, 0.1) is 10.1 Å². The van der Waals surface area contributed by atoms with E-state index >= 15 is 0 Å². The molecule has 2 aromatic rings. The summed E-state index contributed by atoms with van der Waals surface area (Å²) < 4.78 is 6.00. The topological polar surface area (TPSA) is 89.8 Å². The van der Waals surface area contributed by atoms with Crippen molar-refractivity contribution < 1.29 is 19.2 Å². The van der Waals surface area contributed by atoms with Crippen LogP contribution in [-0.4, -0.2) is 28.1 Å². The third-order valence-corrected chi connectivity index (χ3v) is 5.55. The molecule has 1 aliphatic heterocycles. The lowest BCUT2D eigenvalue weighted by Crippen LogP contribution is -2.27. The number of nitrogens with zero attached hydrogens (tertiary/aromatic N) is 2. The Hall–Kier alpha value is -2.65. The van der Waals surface area contributed by atoms with Gasteiger partial charge in [-0.1, -0.05) is 34.1 Å². The summed E-state index contributed by atoms with van der Waals surface area (Å²) in [6.07, 6.45) is 1.44. The van der Waals surface area contributed by atoms with Gasteiger partial charge in [0.25, 0.3) is 16.8 Å². The zero-order valence-electron chi connectivity index (χ0n) is 14.0. The molecule has 3 rings (SSSR count). The summed E-state index contributed by atoms with van der Waals surface area (Å²) in [6.45, 7) is 0.134. The number of non-ortho nitro benzene ring substituents is 1. The van der Waals surface area contributed by atoms with Gasteiger partial charge in [-0.3, -0.25) is 24.6 Å². The number of hydrogen-bond donors (Lipinski definition) is 0. The smallest absolute Gasteiger partial charge is 0.293 e. The van der Waals surface area contributed by atoms with Crippen LogP contribution in [0.25, 0.3) is 6.08 Å². The second kappa shape index (κ2) is 7.93. The molecule has 0 bridgehead atoms. The highest BCUT2D eigenvalue weighted by atomic mass is 79.9. The molecule has 2 aromatic carbocycles. The van der Waals surface area contributed by atoms with Gasteiger partial charge >= 0.3 is 0 Å². The van der Waals surface area contributed by atoms with Gasteiger partial charge in [-0.2, -0.15) is 0 Å². The lowest BCUT2D eigenvalue weighted by molar-refractivity contribution is -0.384. The van der Waals surface area contributed by atoms with Gasteiger partial charge in [0.05, 0.1) is 23.5 Å². The fourth-order valence-corrected chi connectivity index (χ4v) is 3.76. The van der Waals surface area contributed by atoms with Crippen molar-refractivity contribution in [1.29, 1.82) is 0 Å². The summed E-state index contributed by atoms with van der Waals surface area (Å²) >= 11 is 4.19. The van der Waals surface area contributed by atoms with Gasteiger partial charge in [0.15, 0.2) is 0 Å². The van der Waals surface area contributed by atoms with Gasteiger partial charge in [-0.05, 0) is 35.5 Å². The number of hydrogen-bond acceptors (Lipinski definition) is 6. The van der Waals surface area contributed by atoms with E-state index in [0.29, 0.717) is 11.3 Å². The van der Waals surface area contributed by atoms with Crippen LogP contribution in [0.5, 0.6) is 5.75 Å². The number of ether oxygens (including phenoxy) is 1. The molecule has 0 spiro atoms. The minimum Gasteiger partial charge on any atom is -0.496 e. The lowest BCUT2D eigenvalue weighted by atomic mass is 10.1. The number of imide groups is 1. The highest BCUT2D eigenvalue weighted by molar-refractivity contribution is 9.10. The summed E-state index contributed by atoms with van der Waals surface area (Å²) in [4.78, 5) is 36.8. The number of benzene rings is 2. The van der Waals surface area contributed by atoms with Gasteiger partial charge in [0, 0.05) is 22.2 Å². The highest BCUT2D eigenvalue weighted by Crippen LogP contribution is 2.36. The predicted molar refractivity (Wildman–Crippen MR) is 105 cm³/mol. The third-order valence-electron chi connectivity index (χ3n) is 3.87. The number of thioether (sulfide) groups is 1. The van der Waals surface area contributed by atoms with Crippen molar-refractivity contribution in [2.24, 2.45) is 0 Å². The number of nitro benzene ring substituents is 1. The largest absolute Gasteiger partial charge is 0.496 e. The number of amides is 2. The number of methoxy groups -OCH3 is 1. The first-order chi connectivity index (χ1) is 12.9. The average molecular weight is 449 g/mol. The Kier molecular flexibility index (Phi) is 5.62. The molecule has 0 radical (unpaired) electrons. The van der Waals surface area contributed by atoms with Crippen LogP contribution < -0.4 is 4.74 Å². The van der Waals surface area contributed by atoms with Crippen LogP contribution >= 0.6 is 27.7 Å². The monoisotopic (exact) mass is 448 g/mol. The van der Waals surface area contributed by atoms with Gasteiger partial charge in [0.2, 0.25) is 0 Å². The Balaban J connectivity index is 1.92.